The number of nitrogens with zero attached hydrogens (tertiary/aromatic N) is 3. The van der Waals surface area contributed by atoms with Gasteiger partial charge in [-0.05, 0) is 6.07 Å². The fraction of sp³-hybridized carbons (Fsp3) is 0. The second kappa shape index (κ2) is 4.74. The number of ether oxygens (including phenoxy) is 1. The summed E-state index contributed by atoms with van der Waals surface area (Å²) in [7, 11) is 0. The Morgan fingerprint density at radius 1 is 1.40 bits per heavy atom. The molecule has 0 aliphatic heterocycles. The molecule has 0 saturated carbocycles. The van der Waals surface area contributed by atoms with Gasteiger partial charge < -0.3 is 4.74 Å². The summed E-state index contributed by atoms with van der Waals surface area (Å²) in [5, 5.41) is 12.7. The van der Waals surface area contributed by atoms with Gasteiger partial charge >= 0.3 is 5.69 Å². The molecule has 0 saturated heterocycles. The number of thiazole rings is 1. The molecule has 1 aromatic carbocycles. The van der Waals surface area contributed by atoms with Gasteiger partial charge in [0.2, 0.25) is 11.6 Å². The predicted octanol–water partition coefficient (Wildman–Crippen LogP) is 2.91. The summed E-state index contributed by atoms with van der Waals surface area (Å²) in [6.07, 6.45) is 2.29. The summed E-state index contributed by atoms with van der Waals surface area (Å²) in [5.74, 6) is 0.104. The standard InChI is InChI=1S/C12H7N3O4S/c16-7-9-11(13-12-14(9)5-6-20-12)19-10-4-2-1-3-8(10)15(17)18/h1-7H. The van der Waals surface area contributed by atoms with Crippen molar-refractivity contribution < 1.29 is 14.5 Å². The molecule has 0 aliphatic rings. The Labute approximate surface area is 116 Å². The zero-order valence-corrected chi connectivity index (χ0v) is 10.7. The number of aromatic nitrogens is 2. The Morgan fingerprint density at radius 2 is 2.20 bits per heavy atom. The summed E-state index contributed by atoms with van der Waals surface area (Å²) in [5.41, 5.74) is 0.0418. The fourth-order valence-corrected chi connectivity index (χ4v) is 2.48. The molecule has 2 aromatic heterocycles. The number of hydrogen-bond donors (Lipinski definition) is 0. The van der Waals surface area contributed by atoms with Crippen molar-refractivity contribution in [1.82, 2.24) is 9.38 Å². The first-order valence-electron chi connectivity index (χ1n) is 5.52. The van der Waals surface area contributed by atoms with Gasteiger partial charge in [-0.3, -0.25) is 19.3 Å². The van der Waals surface area contributed by atoms with E-state index in [-0.39, 0.29) is 23.0 Å². The molecule has 3 aromatic rings. The third kappa shape index (κ3) is 1.91. The van der Waals surface area contributed by atoms with Crippen LogP contribution in [0, 0.1) is 10.1 Å². The lowest BCUT2D eigenvalue weighted by Gasteiger charge is -2.03. The number of fused-ring (bicyclic) bond motifs is 1. The van der Waals surface area contributed by atoms with E-state index < -0.39 is 4.92 Å². The minimum Gasteiger partial charge on any atom is -0.430 e. The van der Waals surface area contributed by atoms with Crippen LogP contribution >= 0.6 is 11.3 Å². The molecule has 7 nitrogen and oxygen atoms in total. The van der Waals surface area contributed by atoms with Crippen molar-refractivity contribution in [3.05, 3.63) is 51.7 Å². The largest absolute Gasteiger partial charge is 0.430 e. The number of carbonyl (C=O) groups excluding carboxylic acids is 1. The molecule has 2 heterocycles. The van der Waals surface area contributed by atoms with E-state index in [4.69, 9.17) is 4.74 Å². The van der Waals surface area contributed by atoms with Gasteiger partial charge in [0.1, 0.15) is 0 Å². The van der Waals surface area contributed by atoms with Gasteiger partial charge in [-0.1, -0.05) is 12.1 Å². The Balaban J connectivity index is 2.07. The molecular formula is C12H7N3O4S. The van der Waals surface area contributed by atoms with Crippen molar-refractivity contribution in [1.29, 1.82) is 0 Å². The first-order chi connectivity index (χ1) is 9.70. The Hall–Kier alpha value is -2.74. The molecular weight excluding hydrogens is 282 g/mol. The first kappa shape index (κ1) is 12.3. The number of benzene rings is 1. The fourth-order valence-electron chi connectivity index (χ4n) is 1.76. The van der Waals surface area contributed by atoms with E-state index >= 15 is 0 Å². The molecule has 0 spiro atoms. The molecule has 0 unspecified atom stereocenters. The van der Waals surface area contributed by atoms with Gasteiger partial charge in [-0.15, -0.1) is 11.3 Å². The van der Waals surface area contributed by atoms with Crippen molar-refractivity contribution in [2.45, 2.75) is 0 Å². The SMILES string of the molecule is O=Cc1c(Oc2ccccc2[N+](=O)[O-])nc2sccn12. The summed E-state index contributed by atoms with van der Waals surface area (Å²) in [6.45, 7) is 0. The van der Waals surface area contributed by atoms with Crippen molar-refractivity contribution in [3.63, 3.8) is 0 Å². The third-order valence-electron chi connectivity index (χ3n) is 2.65. The molecule has 0 bridgehead atoms. The molecule has 8 heteroatoms. The van der Waals surface area contributed by atoms with E-state index in [1.54, 1.807) is 22.0 Å². The second-order valence-corrected chi connectivity index (χ2v) is 4.68. The van der Waals surface area contributed by atoms with Crippen LogP contribution in [0.15, 0.2) is 35.8 Å². The van der Waals surface area contributed by atoms with Crippen molar-refractivity contribution in [2.24, 2.45) is 0 Å². The van der Waals surface area contributed by atoms with Crippen molar-refractivity contribution >= 4 is 28.3 Å². The Bertz CT molecular complexity index is 808. The lowest BCUT2D eigenvalue weighted by molar-refractivity contribution is -0.385. The quantitative estimate of drug-likeness (QED) is 0.418. The number of imidazole rings is 1. The first-order valence-corrected chi connectivity index (χ1v) is 6.40. The molecule has 3 rings (SSSR count). The maximum Gasteiger partial charge on any atom is 0.311 e. The summed E-state index contributed by atoms with van der Waals surface area (Å²) in [6, 6.07) is 5.94. The van der Waals surface area contributed by atoms with Crippen molar-refractivity contribution in [2.75, 3.05) is 0 Å². The monoisotopic (exact) mass is 289 g/mol. The Kier molecular flexibility index (Phi) is 2.92. The minimum atomic E-state index is -0.547. The highest BCUT2D eigenvalue weighted by atomic mass is 32.1. The topological polar surface area (TPSA) is 86.7 Å². The van der Waals surface area contributed by atoms with Gasteiger partial charge in [0.25, 0.3) is 0 Å². The number of nitro benzene ring substituents is 1. The van der Waals surface area contributed by atoms with E-state index in [2.05, 4.69) is 4.98 Å². The van der Waals surface area contributed by atoms with E-state index in [1.807, 2.05) is 0 Å². The highest BCUT2D eigenvalue weighted by molar-refractivity contribution is 7.15. The average molecular weight is 289 g/mol. The molecule has 20 heavy (non-hydrogen) atoms. The smallest absolute Gasteiger partial charge is 0.311 e. The van der Waals surface area contributed by atoms with Gasteiger partial charge in [0.15, 0.2) is 16.9 Å². The lowest BCUT2D eigenvalue weighted by Crippen LogP contribution is -1.95. The number of para-hydroxylation sites is 2. The lowest BCUT2D eigenvalue weighted by atomic mass is 10.3. The van der Waals surface area contributed by atoms with Crippen LogP contribution in [0.25, 0.3) is 4.96 Å². The van der Waals surface area contributed by atoms with Crippen molar-refractivity contribution in [3.8, 4) is 11.6 Å². The summed E-state index contributed by atoms with van der Waals surface area (Å²) >= 11 is 1.34. The number of hydrogen-bond acceptors (Lipinski definition) is 6. The number of aldehydes is 1. The highest BCUT2D eigenvalue weighted by Gasteiger charge is 2.19. The molecule has 0 aliphatic carbocycles. The number of carbonyl (C=O) groups is 1. The zero-order valence-electron chi connectivity index (χ0n) is 9.92. The highest BCUT2D eigenvalue weighted by Crippen LogP contribution is 2.32. The van der Waals surface area contributed by atoms with E-state index in [9.17, 15) is 14.9 Å². The van der Waals surface area contributed by atoms with Crippen LogP contribution in [0.3, 0.4) is 0 Å². The maximum atomic E-state index is 11.1. The van der Waals surface area contributed by atoms with Crippen LogP contribution < -0.4 is 4.74 Å². The second-order valence-electron chi connectivity index (χ2n) is 3.80. The molecule has 0 amide bonds. The average Bonchev–Trinajstić information content (AvgIpc) is 2.99. The maximum absolute atomic E-state index is 11.1. The predicted molar refractivity (Wildman–Crippen MR) is 71.6 cm³/mol. The normalized spacial score (nSPS) is 10.6. The number of nitro groups is 1. The molecule has 0 radical (unpaired) electrons. The van der Waals surface area contributed by atoms with Gasteiger partial charge in [-0.2, -0.15) is 4.98 Å². The van der Waals surface area contributed by atoms with Crippen LogP contribution in [-0.4, -0.2) is 20.6 Å². The van der Waals surface area contributed by atoms with Crippen LogP contribution in [0.1, 0.15) is 10.5 Å². The Morgan fingerprint density at radius 3 is 2.95 bits per heavy atom. The van der Waals surface area contributed by atoms with E-state index in [0.717, 1.165) is 0 Å². The van der Waals surface area contributed by atoms with E-state index in [0.29, 0.717) is 11.2 Å². The summed E-state index contributed by atoms with van der Waals surface area (Å²) < 4.78 is 7.01. The van der Waals surface area contributed by atoms with Gasteiger partial charge in [-0.25, -0.2) is 0 Å². The number of rotatable bonds is 4. The van der Waals surface area contributed by atoms with Crippen LogP contribution in [0.4, 0.5) is 5.69 Å². The van der Waals surface area contributed by atoms with Crippen LogP contribution in [0.5, 0.6) is 11.6 Å². The molecule has 0 N–H and O–H groups in total. The van der Waals surface area contributed by atoms with Gasteiger partial charge in [0.05, 0.1) is 4.92 Å². The van der Waals surface area contributed by atoms with Crippen LogP contribution in [0.2, 0.25) is 0 Å². The van der Waals surface area contributed by atoms with Crippen LogP contribution in [-0.2, 0) is 0 Å². The molecule has 100 valence electrons. The third-order valence-corrected chi connectivity index (χ3v) is 3.40. The van der Waals surface area contributed by atoms with Gasteiger partial charge in [0, 0.05) is 17.6 Å². The molecule has 0 fully saturated rings. The minimum absolute atomic E-state index is 0.0475. The molecule has 0 atom stereocenters. The summed E-state index contributed by atoms with van der Waals surface area (Å²) in [4.78, 5) is 26.2. The zero-order chi connectivity index (χ0) is 14.1. The van der Waals surface area contributed by atoms with E-state index in [1.165, 1.54) is 29.5 Å².